The van der Waals surface area contributed by atoms with Gasteiger partial charge in [-0.1, -0.05) is 28.9 Å². The van der Waals surface area contributed by atoms with Crippen LogP contribution in [0.3, 0.4) is 0 Å². The molecule has 0 amide bonds. The van der Waals surface area contributed by atoms with Crippen LogP contribution in [0, 0.1) is 0 Å². The summed E-state index contributed by atoms with van der Waals surface area (Å²) in [7, 11) is 0. The summed E-state index contributed by atoms with van der Waals surface area (Å²) in [5.41, 5.74) is 6.33. The third-order valence-electron chi connectivity index (χ3n) is 4.03. The van der Waals surface area contributed by atoms with E-state index in [4.69, 9.17) is 4.74 Å². The number of hydrogen-bond donors (Lipinski definition) is 1. The Morgan fingerprint density at radius 2 is 1.50 bits per heavy atom. The van der Waals surface area contributed by atoms with Crippen LogP contribution in [0.1, 0.15) is 67.2 Å². The molecule has 0 saturated carbocycles. The van der Waals surface area contributed by atoms with Crippen molar-refractivity contribution < 1.29 is 9.84 Å². The molecular weight excluding hydrogens is 272 g/mol. The largest absolute Gasteiger partial charge is 0.478 e. The van der Waals surface area contributed by atoms with Crippen molar-refractivity contribution in [2.75, 3.05) is 6.61 Å². The maximum atomic E-state index is 9.68. The predicted octanol–water partition coefficient (Wildman–Crippen LogP) is 5.46. The molecule has 0 aromatic rings. The van der Waals surface area contributed by atoms with Crippen molar-refractivity contribution in [2.45, 2.75) is 73.3 Å². The molecule has 0 spiro atoms. The first-order valence-electron chi connectivity index (χ1n) is 8.29. The smallest absolute Gasteiger partial charge is 0.179 e. The van der Waals surface area contributed by atoms with E-state index in [0.29, 0.717) is 0 Å². The topological polar surface area (TPSA) is 32.8 Å². The van der Waals surface area contributed by atoms with Gasteiger partial charge in [0.1, 0.15) is 5.76 Å². The monoisotopic (exact) mass is 304 g/mol. The summed E-state index contributed by atoms with van der Waals surface area (Å²) in [6.45, 7) is 12.8. The zero-order valence-electron chi connectivity index (χ0n) is 15.1. The highest BCUT2D eigenvalue weighted by molar-refractivity contribution is 5.36. The van der Waals surface area contributed by atoms with Gasteiger partial charge in [0, 0.05) is 5.57 Å². The lowest BCUT2D eigenvalue weighted by Gasteiger charge is -2.05. The van der Waals surface area contributed by atoms with Gasteiger partial charge in [-0.05, 0) is 72.8 Å². The van der Waals surface area contributed by atoms with Gasteiger partial charge in [0.25, 0.3) is 0 Å². The van der Waals surface area contributed by atoms with Crippen LogP contribution in [-0.4, -0.2) is 17.8 Å². The quantitative estimate of drug-likeness (QED) is 0.477. The Morgan fingerprint density at radius 3 is 2.00 bits per heavy atom. The van der Waals surface area contributed by atoms with Crippen molar-refractivity contribution in [1.82, 2.24) is 0 Å². The van der Waals surface area contributed by atoms with Gasteiger partial charge in [-0.3, -0.25) is 0 Å². The number of ether oxygens (including phenoxy) is 1. The molecule has 2 heteroatoms. The molecule has 1 atom stereocenters. The van der Waals surface area contributed by atoms with Crippen LogP contribution in [0.4, 0.5) is 0 Å². The van der Waals surface area contributed by atoms with E-state index in [1.807, 2.05) is 0 Å². The number of epoxide rings is 1. The van der Waals surface area contributed by atoms with Crippen molar-refractivity contribution in [3.05, 3.63) is 45.8 Å². The lowest BCUT2D eigenvalue weighted by atomic mass is 10.00. The van der Waals surface area contributed by atoms with E-state index in [2.05, 4.69) is 53.7 Å². The lowest BCUT2D eigenvalue weighted by Crippen LogP contribution is -2.02. The minimum atomic E-state index is 0.0309. The molecule has 124 valence electrons. The van der Waals surface area contributed by atoms with Gasteiger partial charge in [0.05, 0.1) is 6.61 Å². The minimum absolute atomic E-state index is 0.0309. The van der Waals surface area contributed by atoms with Crippen LogP contribution in [0.2, 0.25) is 0 Å². The highest BCUT2D eigenvalue weighted by atomic mass is 16.6. The van der Waals surface area contributed by atoms with Crippen molar-refractivity contribution in [3.8, 4) is 0 Å². The number of aliphatic hydroxyl groups excluding tert-OH is 1. The Morgan fingerprint density at radius 1 is 0.955 bits per heavy atom. The van der Waals surface area contributed by atoms with E-state index in [-0.39, 0.29) is 12.7 Å². The summed E-state index contributed by atoms with van der Waals surface area (Å²) in [6.07, 6.45) is 8.65. The second kappa shape index (κ2) is 8.99. The molecule has 0 bridgehead atoms. The first-order chi connectivity index (χ1) is 10.4. The summed E-state index contributed by atoms with van der Waals surface area (Å²) in [6, 6.07) is 0. The molecule has 1 aliphatic heterocycles. The van der Waals surface area contributed by atoms with E-state index >= 15 is 0 Å². The molecule has 0 aromatic heterocycles. The molecule has 2 nitrogen and oxygen atoms in total. The van der Waals surface area contributed by atoms with Crippen LogP contribution in [0.5, 0.6) is 0 Å². The van der Waals surface area contributed by atoms with E-state index < -0.39 is 0 Å². The number of hydrogen-bond acceptors (Lipinski definition) is 2. The van der Waals surface area contributed by atoms with Crippen molar-refractivity contribution >= 4 is 0 Å². The van der Waals surface area contributed by atoms with Crippen LogP contribution < -0.4 is 0 Å². The van der Waals surface area contributed by atoms with E-state index in [0.717, 1.165) is 37.0 Å². The molecule has 22 heavy (non-hydrogen) atoms. The normalized spacial score (nSPS) is 19.9. The predicted molar refractivity (Wildman–Crippen MR) is 94.7 cm³/mol. The minimum Gasteiger partial charge on any atom is -0.478 e. The molecule has 0 radical (unpaired) electrons. The SMILES string of the molecule is CC(C)=CCC/C(C)=C(/CO)C1O/C1=C(/C)CCC=C(C)C. The van der Waals surface area contributed by atoms with Gasteiger partial charge < -0.3 is 9.84 Å². The molecule has 1 N–H and O–H groups in total. The zero-order chi connectivity index (χ0) is 16.7. The summed E-state index contributed by atoms with van der Waals surface area (Å²) in [4.78, 5) is 0. The highest BCUT2D eigenvalue weighted by Gasteiger charge is 2.38. The van der Waals surface area contributed by atoms with E-state index in [9.17, 15) is 5.11 Å². The number of allylic oxidation sites excluding steroid dienone is 6. The summed E-state index contributed by atoms with van der Waals surface area (Å²) in [5.74, 6) is 1.08. The Bertz CT molecular complexity index is 496. The Balaban J connectivity index is 2.66. The van der Waals surface area contributed by atoms with Crippen LogP contribution in [0.15, 0.2) is 45.8 Å². The molecule has 1 rings (SSSR count). The zero-order valence-corrected chi connectivity index (χ0v) is 15.1. The Labute approximate surface area is 136 Å². The Kier molecular flexibility index (Phi) is 7.67. The third-order valence-corrected chi connectivity index (χ3v) is 4.03. The molecular formula is C20H32O2. The van der Waals surface area contributed by atoms with Crippen molar-refractivity contribution in [3.63, 3.8) is 0 Å². The van der Waals surface area contributed by atoms with Gasteiger partial charge in [-0.2, -0.15) is 0 Å². The van der Waals surface area contributed by atoms with Crippen LogP contribution in [0.25, 0.3) is 0 Å². The van der Waals surface area contributed by atoms with Crippen molar-refractivity contribution in [1.29, 1.82) is 0 Å². The molecule has 1 fully saturated rings. The fourth-order valence-corrected chi connectivity index (χ4v) is 2.53. The summed E-state index contributed by atoms with van der Waals surface area (Å²) >= 11 is 0. The van der Waals surface area contributed by atoms with Gasteiger partial charge in [-0.25, -0.2) is 0 Å². The summed E-state index contributed by atoms with van der Waals surface area (Å²) < 4.78 is 5.76. The third kappa shape index (κ3) is 6.23. The maximum absolute atomic E-state index is 9.68. The number of rotatable bonds is 8. The standard InChI is InChI=1S/C20H32O2/c1-14(2)9-7-11-16(5)18(13-21)20-19(22-20)17(6)12-8-10-15(3)4/h9-10,20-21H,7-8,11-13H2,1-6H3/b18-16-,19-17-. The Hall–Kier alpha value is -1.28. The lowest BCUT2D eigenvalue weighted by molar-refractivity contribution is 0.312. The first-order valence-corrected chi connectivity index (χ1v) is 8.29. The molecule has 0 aliphatic carbocycles. The van der Waals surface area contributed by atoms with Gasteiger partial charge >= 0.3 is 0 Å². The molecule has 1 saturated heterocycles. The first kappa shape index (κ1) is 18.8. The van der Waals surface area contributed by atoms with E-state index in [1.54, 1.807) is 0 Å². The highest BCUT2D eigenvalue weighted by Crippen LogP contribution is 2.39. The summed E-state index contributed by atoms with van der Waals surface area (Å²) in [5, 5.41) is 9.68. The fourth-order valence-electron chi connectivity index (χ4n) is 2.53. The van der Waals surface area contributed by atoms with Crippen LogP contribution in [-0.2, 0) is 4.74 Å². The van der Waals surface area contributed by atoms with Crippen molar-refractivity contribution in [2.24, 2.45) is 0 Å². The second-order valence-electron chi connectivity index (χ2n) is 6.75. The van der Waals surface area contributed by atoms with Gasteiger partial charge in [0.2, 0.25) is 0 Å². The molecule has 1 heterocycles. The molecule has 1 aliphatic rings. The average Bonchev–Trinajstić information content (AvgIpc) is 3.19. The maximum Gasteiger partial charge on any atom is 0.179 e. The second-order valence-corrected chi connectivity index (χ2v) is 6.75. The average molecular weight is 304 g/mol. The van der Waals surface area contributed by atoms with Crippen LogP contribution >= 0.6 is 0 Å². The molecule has 0 aromatic carbocycles. The van der Waals surface area contributed by atoms with E-state index in [1.165, 1.54) is 22.3 Å². The fraction of sp³-hybridized carbons (Fsp3) is 0.600. The van der Waals surface area contributed by atoms with Gasteiger partial charge in [-0.15, -0.1) is 0 Å². The molecule has 1 unspecified atom stereocenters. The number of aliphatic hydroxyl groups is 1. The van der Waals surface area contributed by atoms with Gasteiger partial charge in [0.15, 0.2) is 6.10 Å².